The van der Waals surface area contributed by atoms with Gasteiger partial charge in [0.25, 0.3) is 5.82 Å². The minimum Gasteiger partial charge on any atom is -0.394 e. The van der Waals surface area contributed by atoms with E-state index in [1.807, 2.05) is 4.57 Å². The fourth-order valence-corrected chi connectivity index (χ4v) is 14.5. The number of aliphatic hydroxyl groups excluding tert-OH is 6. The summed E-state index contributed by atoms with van der Waals surface area (Å²) in [5.41, 5.74) is 14.7. The fraction of sp³-hybridized carbons (Fsp3) is 0.729. The number of nitrogens with two attached hydrogens (primary N) is 1. The Hall–Kier alpha value is -4.40. The Kier molecular flexibility index (Phi) is 17.1. The maximum Gasteiger partial charge on any atom is 0.250 e. The monoisotopic (exact) mass is 1070 g/mol. The van der Waals surface area contributed by atoms with Gasteiger partial charge < -0.3 is 51.2 Å². The third-order valence-electron chi connectivity index (χ3n) is 20.1. The molecule has 424 valence electrons. The van der Waals surface area contributed by atoms with Crippen molar-refractivity contribution in [3.05, 3.63) is 60.3 Å². The highest BCUT2D eigenvalue weighted by molar-refractivity contribution is 5.83. The van der Waals surface area contributed by atoms with Crippen LogP contribution in [0.1, 0.15) is 165 Å². The van der Waals surface area contributed by atoms with E-state index >= 15 is 0 Å². The van der Waals surface area contributed by atoms with E-state index in [-0.39, 0.29) is 13.2 Å². The van der Waals surface area contributed by atoms with Gasteiger partial charge in [0, 0.05) is 6.54 Å². The summed E-state index contributed by atoms with van der Waals surface area (Å²) < 4.78 is 16.4. The van der Waals surface area contributed by atoms with Crippen molar-refractivity contribution in [2.75, 3.05) is 30.8 Å². The number of rotatable bonds is 16. The summed E-state index contributed by atoms with van der Waals surface area (Å²) in [5, 5.41) is 63.2. The second kappa shape index (κ2) is 23.0. The van der Waals surface area contributed by atoms with Crippen LogP contribution in [-0.2, 0) is 16.0 Å². The minimum absolute atomic E-state index is 0.325. The lowest BCUT2D eigenvalue weighted by atomic mass is 9.52. The zero-order valence-corrected chi connectivity index (χ0v) is 47.4. The highest BCUT2D eigenvalue weighted by Crippen LogP contribution is 2.59. The highest BCUT2D eigenvalue weighted by atomic mass is 16.6. The number of nitrogens with one attached hydrogen (secondary N) is 1. The van der Waals surface area contributed by atoms with E-state index in [1.165, 1.54) is 95.2 Å². The maximum atomic E-state index is 10.4. The maximum absolute atomic E-state index is 10.4. The Labute approximate surface area is 455 Å². The van der Waals surface area contributed by atoms with Crippen LogP contribution in [0.15, 0.2) is 60.3 Å². The van der Waals surface area contributed by atoms with Crippen molar-refractivity contribution >= 4 is 34.0 Å². The molecule has 0 bridgehead atoms. The molecule has 2 aliphatic heterocycles. The van der Waals surface area contributed by atoms with Crippen LogP contribution < -0.4 is 15.6 Å². The second-order valence-electron chi connectivity index (χ2n) is 25.7. The van der Waals surface area contributed by atoms with Gasteiger partial charge in [-0.3, -0.25) is 9.13 Å². The van der Waals surface area contributed by atoms with E-state index in [2.05, 4.69) is 111 Å². The van der Waals surface area contributed by atoms with Gasteiger partial charge in [-0.15, -0.1) is 0 Å². The Morgan fingerprint density at radius 2 is 1.25 bits per heavy atom. The SMILES string of the molecule is C/C(=C\CNc1ncnc2c1ncn2[C@@H]1O[C@H](CO)C(O)[C@@H]1O)CC[C@]1(C)[C@H](C)CC=C2[C@H]1CCCC2(C)C.C[C@@H]1CC=C2[C@@H](CCCC2(C)C)[C@]1(C)CCCCC[n+]1cnc2c(ncn2[C@@H]2O[C@H](CO)C(O)[C@@H]2O)c1N. The van der Waals surface area contributed by atoms with Gasteiger partial charge in [0.1, 0.15) is 49.3 Å². The Morgan fingerprint density at radius 1 is 0.714 bits per heavy atom. The summed E-state index contributed by atoms with van der Waals surface area (Å²) in [7, 11) is 0. The quantitative estimate of drug-likeness (QED) is 0.0305. The summed E-state index contributed by atoms with van der Waals surface area (Å²) in [4.78, 5) is 22.1. The Bertz CT molecular complexity index is 2790. The van der Waals surface area contributed by atoms with Crippen LogP contribution in [0, 0.1) is 45.3 Å². The molecule has 2 saturated heterocycles. The van der Waals surface area contributed by atoms with Crippen molar-refractivity contribution in [1.82, 2.24) is 34.1 Å². The minimum atomic E-state index is -1.20. The number of nitrogen functional groups attached to an aromatic ring is 1. The first-order chi connectivity index (χ1) is 36.6. The van der Waals surface area contributed by atoms with Crippen LogP contribution in [0.25, 0.3) is 22.3 Å². The number of ether oxygens (including phenoxy) is 2. The third kappa shape index (κ3) is 11.0. The summed E-state index contributed by atoms with van der Waals surface area (Å²) in [6, 6.07) is 0. The van der Waals surface area contributed by atoms with Gasteiger partial charge in [-0.05, 0) is 116 Å². The van der Waals surface area contributed by atoms with Crippen LogP contribution >= 0.6 is 0 Å². The number of aryl methyl sites for hydroxylation is 1. The van der Waals surface area contributed by atoms with E-state index < -0.39 is 49.1 Å². The van der Waals surface area contributed by atoms with Gasteiger partial charge in [-0.1, -0.05) is 121 Å². The van der Waals surface area contributed by atoms with Gasteiger partial charge in [-0.25, -0.2) is 24.5 Å². The molecule has 18 heteroatoms. The molecule has 2 saturated carbocycles. The Morgan fingerprint density at radius 3 is 1.79 bits per heavy atom. The molecule has 9 N–H and O–H groups in total. The zero-order valence-electron chi connectivity index (χ0n) is 47.4. The van der Waals surface area contributed by atoms with Gasteiger partial charge in [0.05, 0.1) is 26.1 Å². The summed E-state index contributed by atoms with van der Waals surface area (Å²) in [5.74, 6) is 3.93. The van der Waals surface area contributed by atoms with Crippen molar-refractivity contribution in [3.63, 3.8) is 0 Å². The molecule has 0 aromatic carbocycles. The lowest BCUT2D eigenvalue weighted by Gasteiger charge is -2.53. The predicted octanol–water partition coefficient (Wildman–Crippen LogP) is 7.65. The van der Waals surface area contributed by atoms with Gasteiger partial charge in [-0.2, -0.15) is 0 Å². The van der Waals surface area contributed by atoms with Crippen molar-refractivity contribution < 1.29 is 44.7 Å². The predicted molar refractivity (Wildman–Crippen MR) is 296 cm³/mol. The smallest absolute Gasteiger partial charge is 0.250 e. The topological polar surface area (TPSA) is 256 Å². The molecule has 77 heavy (non-hydrogen) atoms. The lowest BCUT2D eigenvalue weighted by Crippen LogP contribution is -2.43. The van der Waals surface area contributed by atoms with E-state index in [4.69, 9.17) is 15.2 Å². The van der Waals surface area contributed by atoms with E-state index in [0.29, 0.717) is 79.9 Å². The molecule has 0 spiro atoms. The van der Waals surface area contributed by atoms with Crippen molar-refractivity contribution in [3.8, 4) is 0 Å². The molecule has 6 heterocycles. The van der Waals surface area contributed by atoms with Crippen LogP contribution in [-0.4, -0.2) is 121 Å². The molecule has 4 aliphatic carbocycles. The molecule has 4 fully saturated rings. The molecule has 6 aliphatic rings. The number of hydrogen-bond acceptors (Lipinski definition) is 15. The standard InChI is InChI=1S/C30H45N5O4.C29H45N5O4/c1-18(10-13-30(5)19(2)8-9-20-21(30)7-6-12-29(20,3)4)11-14-31-26-23-27(33-16-32-26)35(17-34-23)28-25(38)24(37)22(15-36)39-28;1-18-10-11-19-20(9-8-12-28(19,2)3)29(18,4)13-6-5-7-14-33-16-32-26-22(25(33)30)31-17-34(26)27-24(37)23(36)21(15-35)38-27/h9,11,16-17,19,21-22,24-25,28,36-38H,6-8,10,12-15H2,1-5H3,(H,31,32,33);11,16-18,20-21,23-24,27,30,35-37H,5-10,12-15H2,1-4H3/p+1/b18-11+;/t19-,21-,22-,24?,25+,28-,30-;18-,20-,21-,23?,24+,27-,29-/m11/s1. The number of hydrogen-bond donors (Lipinski definition) is 8. The van der Waals surface area contributed by atoms with Crippen LogP contribution in [0.3, 0.4) is 0 Å². The molecule has 0 radical (unpaired) electrons. The number of anilines is 2. The van der Waals surface area contributed by atoms with Crippen LogP contribution in [0.4, 0.5) is 11.6 Å². The van der Waals surface area contributed by atoms with Crippen molar-refractivity contribution in [2.45, 2.75) is 208 Å². The largest absolute Gasteiger partial charge is 0.394 e. The van der Waals surface area contributed by atoms with Crippen LogP contribution in [0.5, 0.6) is 0 Å². The normalized spacial score (nSPS) is 34.8. The average molecular weight is 1070 g/mol. The summed E-state index contributed by atoms with van der Waals surface area (Å²) in [6.07, 6.45) is 22.6. The zero-order chi connectivity index (χ0) is 55.2. The summed E-state index contributed by atoms with van der Waals surface area (Å²) >= 11 is 0. The lowest BCUT2D eigenvalue weighted by molar-refractivity contribution is -0.685. The molecular weight excluding hydrogens is 977 g/mol. The van der Waals surface area contributed by atoms with Gasteiger partial charge in [0.15, 0.2) is 35.0 Å². The first-order valence-electron chi connectivity index (χ1n) is 28.9. The van der Waals surface area contributed by atoms with Gasteiger partial charge in [0.2, 0.25) is 12.0 Å². The molecule has 2 unspecified atom stereocenters. The molecule has 14 atom stereocenters. The van der Waals surface area contributed by atoms with Crippen molar-refractivity contribution in [1.29, 1.82) is 0 Å². The number of aliphatic hydroxyl groups is 6. The number of allylic oxidation sites excluding steroid dienone is 5. The van der Waals surface area contributed by atoms with E-state index in [0.717, 1.165) is 31.7 Å². The summed E-state index contributed by atoms with van der Waals surface area (Å²) in [6.45, 7) is 22.5. The first-order valence-corrected chi connectivity index (χ1v) is 28.9. The number of nitrogens with zero attached hydrogens (tertiary/aromatic N) is 8. The fourth-order valence-electron chi connectivity index (χ4n) is 14.5. The number of imidazole rings is 2. The van der Waals surface area contributed by atoms with Gasteiger partial charge >= 0.3 is 0 Å². The number of unbranched alkanes of at least 4 members (excludes halogenated alkanes) is 2. The third-order valence-corrected chi connectivity index (χ3v) is 20.1. The Balaban J connectivity index is 0.000000188. The molecule has 4 aromatic rings. The van der Waals surface area contributed by atoms with E-state index in [9.17, 15) is 30.6 Å². The van der Waals surface area contributed by atoms with Crippen LogP contribution in [0.2, 0.25) is 0 Å². The highest BCUT2D eigenvalue weighted by Gasteiger charge is 2.50. The van der Waals surface area contributed by atoms with Crippen molar-refractivity contribution in [2.24, 2.45) is 45.3 Å². The molecule has 18 nitrogen and oxygen atoms in total. The molecular formula is C59H91N10O8+. The number of aromatic nitrogens is 8. The number of fused-ring (bicyclic) bond motifs is 4. The average Bonchev–Trinajstić information content (AvgIpc) is 4.19. The molecule has 4 aromatic heterocycles. The first kappa shape index (κ1) is 57.3. The molecule has 10 rings (SSSR count). The molecule has 0 amide bonds. The van der Waals surface area contributed by atoms with E-state index in [1.54, 1.807) is 26.6 Å². The second-order valence-corrected chi connectivity index (χ2v) is 25.7.